The second-order valence-corrected chi connectivity index (χ2v) is 4.55. The molecule has 90 valence electrons. The van der Waals surface area contributed by atoms with Crippen molar-refractivity contribution < 1.29 is 5.11 Å². The van der Waals surface area contributed by atoms with Crippen molar-refractivity contribution in [2.45, 2.75) is 45.1 Å². The zero-order valence-corrected chi connectivity index (χ0v) is 9.99. The van der Waals surface area contributed by atoms with Crippen molar-refractivity contribution in [2.24, 2.45) is 11.7 Å². The molecule has 0 bridgehead atoms. The van der Waals surface area contributed by atoms with E-state index in [1.165, 1.54) is 19.3 Å². The maximum Gasteiger partial charge on any atom is 0.0431 e. The van der Waals surface area contributed by atoms with Crippen LogP contribution >= 0.6 is 0 Å². The molecule has 3 N–H and O–H groups in total. The van der Waals surface area contributed by atoms with Crippen molar-refractivity contribution in [1.82, 2.24) is 4.90 Å². The standard InChI is InChI=1S/C12H26N2O/c1-2-14(8-3-4-9-15)12-7-5-6-11(12)10-13/h11-12,15H,2-10,13H2,1H3. The number of aliphatic hydroxyl groups is 1. The summed E-state index contributed by atoms with van der Waals surface area (Å²) in [5, 5.41) is 8.78. The summed E-state index contributed by atoms with van der Waals surface area (Å²) >= 11 is 0. The zero-order chi connectivity index (χ0) is 11.1. The van der Waals surface area contributed by atoms with Crippen LogP contribution < -0.4 is 5.73 Å². The molecule has 3 nitrogen and oxygen atoms in total. The van der Waals surface area contributed by atoms with Crippen molar-refractivity contribution in [3.05, 3.63) is 0 Å². The van der Waals surface area contributed by atoms with E-state index in [2.05, 4.69) is 11.8 Å². The number of nitrogens with two attached hydrogens (primary N) is 1. The molecule has 3 heteroatoms. The summed E-state index contributed by atoms with van der Waals surface area (Å²) in [6.07, 6.45) is 5.99. The van der Waals surface area contributed by atoms with Crippen LogP contribution in [-0.4, -0.2) is 42.3 Å². The summed E-state index contributed by atoms with van der Waals surface area (Å²) in [5.74, 6) is 0.707. The van der Waals surface area contributed by atoms with Gasteiger partial charge < -0.3 is 15.7 Å². The van der Waals surface area contributed by atoms with E-state index in [1.807, 2.05) is 0 Å². The first-order valence-corrected chi connectivity index (χ1v) is 6.38. The molecule has 0 aromatic rings. The molecule has 2 unspecified atom stereocenters. The number of aliphatic hydroxyl groups excluding tert-OH is 1. The Kier molecular flexibility index (Phi) is 6.22. The fourth-order valence-electron chi connectivity index (χ4n) is 2.76. The van der Waals surface area contributed by atoms with Gasteiger partial charge in [-0.05, 0) is 51.2 Å². The Bertz CT molecular complexity index is 164. The molecule has 0 saturated heterocycles. The Labute approximate surface area is 93.6 Å². The van der Waals surface area contributed by atoms with Gasteiger partial charge in [0.2, 0.25) is 0 Å². The van der Waals surface area contributed by atoms with E-state index in [0.717, 1.165) is 32.5 Å². The Balaban J connectivity index is 2.35. The van der Waals surface area contributed by atoms with E-state index in [-0.39, 0.29) is 0 Å². The van der Waals surface area contributed by atoms with Crippen LogP contribution in [0, 0.1) is 5.92 Å². The van der Waals surface area contributed by atoms with Gasteiger partial charge in [0.25, 0.3) is 0 Å². The second-order valence-electron chi connectivity index (χ2n) is 4.55. The molecular formula is C12H26N2O. The highest BCUT2D eigenvalue weighted by molar-refractivity contribution is 4.85. The molecule has 0 aromatic carbocycles. The maximum atomic E-state index is 8.78. The van der Waals surface area contributed by atoms with E-state index in [4.69, 9.17) is 10.8 Å². The third kappa shape index (κ3) is 3.74. The number of rotatable bonds is 7. The molecule has 2 atom stereocenters. The fourth-order valence-corrected chi connectivity index (χ4v) is 2.76. The molecule has 1 rings (SSSR count). The number of nitrogens with zero attached hydrogens (tertiary/aromatic N) is 1. The van der Waals surface area contributed by atoms with Crippen LogP contribution in [0.1, 0.15) is 39.0 Å². The highest BCUT2D eigenvalue weighted by atomic mass is 16.2. The molecule has 0 heterocycles. The zero-order valence-electron chi connectivity index (χ0n) is 9.99. The van der Waals surface area contributed by atoms with Gasteiger partial charge in [-0.3, -0.25) is 0 Å². The van der Waals surface area contributed by atoms with Crippen LogP contribution in [0.2, 0.25) is 0 Å². The topological polar surface area (TPSA) is 49.5 Å². The lowest BCUT2D eigenvalue weighted by atomic mass is 10.0. The van der Waals surface area contributed by atoms with Gasteiger partial charge in [-0.25, -0.2) is 0 Å². The molecule has 0 radical (unpaired) electrons. The lowest BCUT2D eigenvalue weighted by Crippen LogP contribution is -2.40. The molecule has 1 aliphatic carbocycles. The molecule has 0 amide bonds. The van der Waals surface area contributed by atoms with Gasteiger partial charge in [0.05, 0.1) is 0 Å². The molecule has 1 saturated carbocycles. The number of unbranched alkanes of at least 4 members (excludes halogenated alkanes) is 1. The van der Waals surface area contributed by atoms with Crippen LogP contribution in [0.4, 0.5) is 0 Å². The molecule has 1 aliphatic rings. The van der Waals surface area contributed by atoms with Crippen LogP contribution in [-0.2, 0) is 0 Å². The first-order chi connectivity index (χ1) is 7.33. The predicted molar refractivity (Wildman–Crippen MR) is 63.8 cm³/mol. The quantitative estimate of drug-likeness (QED) is 0.626. The number of hydrogen-bond acceptors (Lipinski definition) is 3. The lowest BCUT2D eigenvalue weighted by molar-refractivity contribution is 0.162. The van der Waals surface area contributed by atoms with E-state index >= 15 is 0 Å². The smallest absolute Gasteiger partial charge is 0.0431 e. The molecule has 0 spiro atoms. The minimum atomic E-state index is 0.322. The molecule has 1 fully saturated rings. The second kappa shape index (κ2) is 7.20. The van der Waals surface area contributed by atoms with Crippen LogP contribution in [0.5, 0.6) is 0 Å². The first-order valence-electron chi connectivity index (χ1n) is 6.38. The lowest BCUT2D eigenvalue weighted by Gasteiger charge is -2.31. The molecular weight excluding hydrogens is 188 g/mol. The Morgan fingerprint density at radius 2 is 2.13 bits per heavy atom. The van der Waals surface area contributed by atoms with Crippen molar-refractivity contribution in [3.8, 4) is 0 Å². The van der Waals surface area contributed by atoms with Gasteiger partial charge in [-0.1, -0.05) is 13.3 Å². The van der Waals surface area contributed by atoms with E-state index in [1.54, 1.807) is 0 Å². The van der Waals surface area contributed by atoms with Crippen molar-refractivity contribution in [3.63, 3.8) is 0 Å². The minimum Gasteiger partial charge on any atom is -0.396 e. The SMILES string of the molecule is CCN(CCCCO)C1CCCC1CN. The van der Waals surface area contributed by atoms with Crippen LogP contribution in [0.25, 0.3) is 0 Å². The Morgan fingerprint density at radius 3 is 2.73 bits per heavy atom. The summed E-state index contributed by atoms with van der Waals surface area (Å²) < 4.78 is 0. The summed E-state index contributed by atoms with van der Waals surface area (Å²) in [5.41, 5.74) is 5.80. The minimum absolute atomic E-state index is 0.322. The first kappa shape index (κ1) is 12.9. The summed E-state index contributed by atoms with van der Waals surface area (Å²) in [6, 6.07) is 0.707. The van der Waals surface area contributed by atoms with Gasteiger partial charge in [0.1, 0.15) is 0 Å². The monoisotopic (exact) mass is 214 g/mol. The van der Waals surface area contributed by atoms with Crippen LogP contribution in [0.3, 0.4) is 0 Å². The van der Waals surface area contributed by atoms with Gasteiger partial charge in [0, 0.05) is 12.6 Å². The van der Waals surface area contributed by atoms with Crippen molar-refractivity contribution in [1.29, 1.82) is 0 Å². The Morgan fingerprint density at radius 1 is 1.33 bits per heavy atom. The van der Waals surface area contributed by atoms with Gasteiger partial charge in [0.15, 0.2) is 0 Å². The number of hydrogen-bond donors (Lipinski definition) is 2. The summed E-state index contributed by atoms with van der Waals surface area (Å²) in [4.78, 5) is 2.56. The maximum absolute atomic E-state index is 8.78. The fraction of sp³-hybridized carbons (Fsp3) is 1.00. The van der Waals surface area contributed by atoms with E-state index in [0.29, 0.717) is 18.6 Å². The van der Waals surface area contributed by atoms with E-state index in [9.17, 15) is 0 Å². The van der Waals surface area contributed by atoms with Gasteiger partial charge in [-0.15, -0.1) is 0 Å². The Hall–Kier alpha value is -0.120. The normalized spacial score (nSPS) is 26.4. The third-order valence-electron chi connectivity index (χ3n) is 3.65. The van der Waals surface area contributed by atoms with Gasteiger partial charge >= 0.3 is 0 Å². The van der Waals surface area contributed by atoms with Gasteiger partial charge in [-0.2, -0.15) is 0 Å². The third-order valence-corrected chi connectivity index (χ3v) is 3.65. The molecule has 0 aliphatic heterocycles. The van der Waals surface area contributed by atoms with Crippen molar-refractivity contribution in [2.75, 3.05) is 26.2 Å². The summed E-state index contributed by atoms with van der Waals surface area (Å²) in [7, 11) is 0. The average Bonchev–Trinajstić information content (AvgIpc) is 2.72. The van der Waals surface area contributed by atoms with Crippen LogP contribution in [0.15, 0.2) is 0 Å². The average molecular weight is 214 g/mol. The highest BCUT2D eigenvalue weighted by Gasteiger charge is 2.29. The molecule has 0 aromatic heterocycles. The highest BCUT2D eigenvalue weighted by Crippen LogP contribution is 2.29. The molecule has 15 heavy (non-hydrogen) atoms. The van der Waals surface area contributed by atoms with E-state index < -0.39 is 0 Å². The predicted octanol–water partition coefficient (Wildman–Crippen LogP) is 1.21. The van der Waals surface area contributed by atoms with Crippen molar-refractivity contribution >= 4 is 0 Å². The summed E-state index contributed by atoms with van der Waals surface area (Å²) in [6.45, 7) is 5.62. The largest absolute Gasteiger partial charge is 0.396 e.